The highest BCUT2D eigenvalue weighted by Gasteiger charge is 2.24. The summed E-state index contributed by atoms with van der Waals surface area (Å²) in [5.41, 5.74) is 0. The number of carbonyl (C=O) groups is 1. The van der Waals surface area contributed by atoms with Crippen LogP contribution < -0.4 is 0 Å². The topological polar surface area (TPSA) is 35.5 Å². The molecule has 0 bridgehead atoms. The van der Waals surface area contributed by atoms with E-state index in [0.717, 1.165) is 32.1 Å². The Morgan fingerprint density at radius 3 is 2.56 bits per heavy atom. The molecule has 0 saturated heterocycles. The first kappa shape index (κ1) is 13.5. The first-order chi connectivity index (χ1) is 7.77. The van der Waals surface area contributed by atoms with Crippen molar-refractivity contribution < 1.29 is 14.3 Å². The van der Waals surface area contributed by atoms with Crippen molar-refractivity contribution in [3.05, 3.63) is 0 Å². The van der Waals surface area contributed by atoms with E-state index in [0.29, 0.717) is 0 Å². The molecule has 1 atom stereocenters. The molecule has 3 nitrogen and oxygen atoms in total. The minimum Gasteiger partial charge on any atom is -0.467 e. The molecule has 1 fully saturated rings. The van der Waals surface area contributed by atoms with Crippen molar-refractivity contribution in [2.45, 2.75) is 70.5 Å². The Morgan fingerprint density at radius 2 is 2.00 bits per heavy atom. The molecule has 0 radical (unpaired) electrons. The maximum absolute atomic E-state index is 11.5. The molecule has 1 aliphatic carbocycles. The van der Waals surface area contributed by atoms with E-state index < -0.39 is 0 Å². The Balaban J connectivity index is 2.38. The summed E-state index contributed by atoms with van der Waals surface area (Å²) in [7, 11) is 1.44. The minimum atomic E-state index is -0.340. The zero-order chi connectivity index (χ0) is 11.8. The largest absolute Gasteiger partial charge is 0.467 e. The van der Waals surface area contributed by atoms with Crippen LogP contribution in [0.1, 0.15) is 58.3 Å². The molecule has 0 aromatic carbocycles. The van der Waals surface area contributed by atoms with E-state index in [2.05, 4.69) is 6.92 Å². The molecule has 0 spiro atoms. The van der Waals surface area contributed by atoms with Crippen LogP contribution in [-0.2, 0) is 14.3 Å². The van der Waals surface area contributed by atoms with Crippen molar-refractivity contribution in [1.82, 2.24) is 0 Å². The van der Waals surface area contributed by atoms with Gasteiger partial charge in [-0.05, 0) is 19.3 Å². The van der Waals surface area contributed by atoms with Crippen LogP contribution >= 0.6 is 0 Å². The predicted molar refractivity (Wildman–Crippen MR) is 63.3 cm³/mol. The van der Waals surface area contributed by atoms with Crippen molar-refractivity contribution in [3.63, 3.8) is 0 Å². The highest BCUT2D eigenvalue weighted by molar-refractivity contribution is 5.74. The van der Waals surface area contributed by atoms with Crippen LogP contribution in [-0.4, -0.2) is 25.3 Å². The van der Waals surface area contributed by atoms with E-state index in [4.69, 9.17) is 9.47 Å². The van der Waals surface area contributed by atoms with Crippen molar-refractivity contribution in [3.8, 4) is 0 Å². The third-order valence-electron chi connectivity index (χ3n) is 3.19. The van der Waals surface area contributed by atoms with Gasteiger partial charge < -0.3 is 9.47 Å². The number of methoxy groups -OCH3 is 1. The Hall–Kier alpha value is -0.570. The van der Waals surface area contributed by atoms with Gasteiger partial charge in [-0.15, -0.1) is 0 Å². The molecule has 3 heteroatoms. The number of carbonyl (C=O) groups excluding carboxylic acids is 1. The molecule has 1 aliphatic rings. The molecule has 0 aliphatic heterocycles. The van der Waals surface area contributed by atoms with Gasteiger partial charge >= 0.3 is 5.97 Å². The van der Waals surface area contributed by atoms with Crippen LogP contribution in [0.5, 0.6) is 0 Å². The van der Waals surface area contributed by atoms with E-state index in [1.54, 1.807) is 0 Å². The minimum absolute atomic E-state index is 0.209. The van der Waals surface area contributed by atoms with Crippen molar-refractivity contribution in [2.24, 2.45) is 0 Å². The van der Waals surface area contributed by atoms with Gasteiger partial charge in [0.2, 0.25) is 0 Å². The third-order valence-corrected chi connectivity index (χ3v) is 3.19. The lowest BCUT2D eigenvalue weighted by Crippen LogP contribution is -2.31. The SMILES string of the molecule is CCCCC(OC1CCCCC1)C(=O)OC. The van der Waals surface area contributed by atoms with E-state index in [1.807, 2.05) is 0 Å². The Labute approximate surface area is 98.5 Å². The summed E-state index contributed by atoms with van der Waals surface area (Å²) in [5.74, 6) is -0.209. The molecule has 94 valence electrons. The van der Waals surface area contributed by atoms with E-state index in [9.17, 15) is 4.79 Å². The monoisotopic (exact) mass is 228 g/mol. The summed E-state index contributed by atoms with van der Waals surface area (Å²) in [5, 5.41) is 0. The van der Waals surface area contributed by atoms with Gasteiger partial charge in [-0.1, -0.05) is 39.0 Å². The zero-order valence-corrected chi connectivity index (χ0v) is 10.5. The van der Waals surface area contributed by atoms with Crippen LogP contribution in [0.25, 0.3) is 0 Å². The van der Waals surface area contributed by atoms with E-state index in [1.165, 1.54) is 26.4 Å². The van der Waals surface area contributed by atoms with Gasteiger partial charge in [0.1, 0.15) is 0 Å². The van der Waals surface area contributed by atoms with Gasteiger partial charge in [-0.2, -0.15) is 0 Å². The van der Waals surface area contributed by atoms with E-state index in [-0.39, 0.29) is 18.2 Å². The van der Waals surface area contributed by atoms with Crippen LogP contribution in [0.3, 0.4) is 0 Å². The number of hydrogen-bond acceptors (Lipinski definition) is 3. The van der Waals surface area contributed by atoms with Crippen molar-refractivity contribution in [1.29, 1.82) is 0 Å². The number of rotatable bonds is 6. The van der Waals surface area contributed by atoms with E-state index >= 15 is 0 Å². The maximum atomic E-state index is 11.5. The summed E-state index contributed by atoms with van der Waals surface area (Å²) >= 11 is 0. The molecule has 1 rings (SSSR count). The zero-order valence-electron chi connectivity index (χ0n) is 10.5. The second kappa shape index (κ2) is 7.66. The molecule has 0 N–H and O–H groups in total. The van der Waals surface area contributed by atoms with Gasteiger partial charge in [0.15, 0.2) is 6.10 Å². The summed E-state index contributed by atoms with van der Waals surface area (Å²) in [4.78, 5) is 11.5. The highest BCUT2D eigenvalue weighted by atomic mass is 16.6. The van der Waals surface area contributed by atoms with Crippen LogP contribution in [0, 0.1) is 0 Å². The number of esters is 1. The van der Waals surface area contributed by atoms with Gasteiger partial charge in [-0.3, -0.25) is 0 Å². The van der Waals surface area contributed by atoms with Crippen LogP contribution in [0.2, 0.25) is 0 Å². The number of ether oxygens (including phenoxy) is 2. The summed E-state index contributed by atoms with van der Waals surface area (Å²) < 4.78 is 10.7. The van der Waals surface area contributed by atoms with Crippen LogP contribution in [0.15, 0.2) is 0 Å². The lowest BCUT2D eigenvalue weighted by atomic mass is 9.97. The molecule has 0 heterocycles. The standard InChI is InChI=1S/C13H24O3/c1-3-4-10-12(13(14)15-2)16-11-8-6-5-7-9-11/h11-12H,3-10H2,1-2H3. The average molecular weight is 228 g/mol. The fourth-order valence-corrected chi connectivity index (χ4v) is 2.20. The Bertz CT molecular complexity index is 197. The van der Waals surface area contributed by atoms with Gasteiger partial charge in [0.05, 0.1) is 13.2 Å². The van der Waals surface area contributed by atoms with Crippen molar-refractivity contribution in [2.75, 3.05) is 7.11 Å². The summed E-state index contributed by atoms with van der Waals surface area (Å²) in [6, 6.07) is 0. The second-order valence-electron chi connectivity index (χ2n) is 4.55. The Kier molecular flexibility index (Phi) is 6.46. The predicted octanol–water partition coefficient (Wildman–Crippen LogP) is 3.07. The molecule has 16 heavy (non-hydrogen) atoms. The average Bonchev–Trinajstić information content (AvgIpc) is 2.34. The molecule has 0 aromatic heterocycles. The fraction of sp³-hybridized carbons (Fsp3) is 0.923. The van der Waals surface area contributed by atoms with Gasteiger partial charge in [0, 0.05) is 0 Å². The number of hydrogen-bond donors (Lipinski definition) is 0. The fourth-order valence-electron chi connectivity index (χ4n) is 2.20. The normalized spacial score (nSPS) is 19.4. The lowest BCUT2D eigenvalue weighted by Gasteiger charge is -2.26. The molecule has 1 saturated carbocycles. The first-order valence-electron chi connectivity index (χ1n) is 6.51. The summed E-state index contributed by atoms with van der Waals surface area (Å²) in [6.45, 7) is 2.12. The molecule has 0 amide bonds. The highest BCUT2D eigenvalue weighted by Crippen LogP contribution is 2.23. The molecule has 0 aromatic rings. The maximum Gasteiger partial charge on any atom is 0.334 e. The van der Waals surface area contributed by atoms with Crippen molar-refractivity contribution >= 4 is 5.97 Å². The smallest absolute Gasteiger partial charge is 0.334 e. The molecular formula is C13H24O3. The Morgan fingerprint density at radius 1 is 1.31 bits per heavy atom. The third kappa shape index (κ3) is 4.52. The first-order valence-corrected chi connectivity index (χ1v) is 6.51. The lowest BCUT2D eigenvalue weighted by molar-refractivity contribution is -0.159. The number of unbranched alkanes of at least 4 members (excludes halogenated alkanes) is 1. The quantitative estimate of drug-likeness (QED) is 0.655. The summed E-state index contributed by atoms with van der Waals surface area (Å²) in [6.07, 6.45) is 8.78. The molecular weight excluding hydrogens is 204 g/mol. The van der Waals surface area contributed by atoms with Crippen LogP contribution in [0.4, 0.5) is 0 Å². The second-order valence-corrected chi connectivity index (χ2v) is 4.55. The van der Waals surface area contributed by atoms with Gasteiger partial charge in [0.25, 0.3) is 0 Å². The molecule has 1 unspecified atom stereocenters. The van der Waals surface area contributed by atoms with Gasteiger partial charge in [-0.25, -0.2) is 4.79 Å².